The highest BCUT2D eigenvalue weighted by Gasteiger charge is 2.32. The first-order valence-corrected chi connectivity index (χ1v) is 10.5. The highest BCUT2D eigenvalue weighted by molar-refractivity contribution is 6.42. The van der Waals surface area contributed by atoms with Crippen molar-refractivity contribution in [2.24, 2.45) is 0 Å². The van der Waals surface area contributed by atoms with E-state index in [-0.39, 0.29) is 32.7 Å². The van der Waals surface area contributed by atoms with Gasteiger partial charge in [-0.15, -0.1) is 0 Å². The number of benzene rings is 1. The van der Waals surface area contributed by atoms with Crippen LogP contribution >= 0.6 is 23.2 Å². The molecule has 1 aliphatic heterocycles. The second kappa shape index (κ2) is 9.03. The number of carbonyl (C=O) groups is 1. The molecular formula is C22H17Cl2F3N2O3. The predicted octanol–water partition coefficient (Wildman–Crippen LogP) is 6.41. The summed E-state index contributed by atoms with van der Waals surface area (Å²) in [5.74, 6) is -0.555. The van der Waals surface area contributed by atoms with Gasteiger partial charge in [-0.05, 0) is 25.0 Å². The van der Waals surface area contributed by atoms with Crippen LogP contribution in [0.4, 0.5) is 13.2 Å². The number of halogens is 5. The Balaban J connectivity index is 1.57. The summed E-state index contributed by atoms with van der Waals surface area (Å²) in [6.07, 6.45) is 4.95. The van der Waals surface area contributed by atoms with Gasteiger partial charge in [0, 0.05) is 6.42 Å². The molecule has 5 nitrogen and oxygen atoms in total. The molecule has 4 rings (SSSR count). The zero-order valence-electron chi connectivity index (χ0n) is 16.6. The molecule has 2 aromatic rings. The summed E-state index contributed by atoms with van der Waals surface area (Å²) in [7, 11) is 0. The number of rotatable bonds is 6. The minimum absolute atomic E-state index is 0.102. The fourth-order valence-electron chi connectivity index (χ4n) is 3.47. The molecular weight excluding hydrogens is 468 g/mol. The number of hydrogen-bond donors (Lipinski definition) is 0. The topological polar surface area (TPSA) is 53.4 Å². The molecule has 0 saturated carbocycles. The van der Waals surface area contributed by atoms with E-state index < -0.39 is 24.9 Å². The number of carbonyl (C=O) groups excluding carboxylic acids is 1. The Kier molecular flexibility index (Phi) is 6.35. The zero-order valence-corrected chi connectivity index (χ0v) is 18.1. The standard InChI is InChI=1S/C22H17Cl2F3N2O3/c23-15-7-17-18(8-16(15)24)29(21(28-17)9-22(25,26)27)10-19(30)20-12-31-11-14(32-20)6-13-4-2-1-3-5-13/h1-2,4,7-8,11-12H,3,5-6,9-10H2. The van der Waals surface area contributed by atoms with Crippen molar-refractivity contribution in [3.8, 4) is 0 Å². The lowest BCUT2D eigenvalue weighted by molar-refractivity contribution is -0.129. The maximum Gasteiger partial charge on any atom is 0.396 e. The molecule has 0 unspecified atom stereocenters. The third-order valence-electron chi connectivity index (χ3n) is 4.92. The number of imidazole rings is 1. The molecule has 0 N–H and O–H groups in total. The van der Waals surface area contributed by atoms with E-state index >= 15 is 0 Å². The Morgan fingerprint density at radius 3 is 2.69 bits per heavy atom. The maximum absolute atomic E-state index is 13.1. The summed E-state index contributed by atoms with van der Waals surface area (Å²) >= 11 is 12.0. The van der Waals surface area contributed by atoms with Crippen molar-refractivity contribution in [2.45, 2.75) is 38.4 Å². The number of ketones is 1. The average Bonchev–Trinajstić information content (AvgIpc) is 3.03. The van der Waals surface area contributed by atoms with Crippen LogP contribution in [0.3, 0.4) is 0 Å². The van der Waals surface area contributed by atoms with Crippen LogP contribution in [-0.4, -0.2) is 21.5 Å². The molecule has 0 fully saturated rings. The third-order valence-corrected chi connectivity index (χ3v) is 5.64. The molecule has 1 aromatic heterocycles. The van der Waals surface area contributed by atoms with E-state index in [0.29, 0.717) is 12.2 Å². The molecule has 0 amide bonds. The van der Waals surface area contributed by atoms with E-state index in [2.05, 4.69) is 11.1 Å². The molecule has 0 bridgehead atoms. The molecule has 32 heavy (non-hydrogen) atoms. The zero-order chi connectivity index (χ0) is 22.9. The van der Waals surface area contributed by atoms with Gasteiger partial charge in [-0.3, -0.25) is 4.79 Å². The van der Waals surface area contributed by atoms with Crippen molar-refractivity contribution < 1.29 is 27.4 Å². The SMILES string of the molecule is O=C(Cn1c(CC(F)(F)F)nc2cc(Cl)c(Cl)cc21)C1=COC=C(CC2=CC=CCC2)O1. The fraction of sp³-hybridized carbons (Fsp3) is 0.273. The van der Waals surface area contributed by atoms with Crippen LogP contribution in [0.5, 0.6) is 0 Å². The average molecular weight is 485 g/mol. The van der Waals surface area contributed by atoms with Gasteiger partial charge >= 0.3 is 6.18 Å². The van der Waals surface area contributed by atoms with Gasteiger partial charge in [-0.25, -0.2) is 4.98 Å². The molecule has 0 saturated heterocycles. The lowest BCUT2D eigenvalue weighted by Gasteiger charge is -2.18. The number of allylic oxidation sites excluding steroid dienone is 5. The summed E-state index contributed by atoms with van der Waals surface area (Å²) < 4.78 is 51.4. The van der Waals surface area contributed by atoms with Crippen molar-refractivity contribution in [1.29, 1.82) is 0 Å². The molecule has 168 valence electrons. The van der Waals surface area contributed by atoms with Crippen LogP contribution in [0.15, 0.2) is 60.0 Å². The number of aromatic nitrogens is 2. The number of hydrogen-bond acceptors (Lipinski definition) is 4. The van der Waals surface area contributed by atoms with E-state index in [9.17, 15) is 18.0 Å². The van der Waals surface area contributed by atoms with Crippen molar-refractivity contribution in [3.05, 3.63) is 75.8 Å². The molecule has 0 radical (unpaired) electrons. The van der Waals surface area contributed by atoms with Gasteiger partial charge < -0.3 is 14.0 Å². The third kappa shape index (κ3) is 5.19. The van der Waals surface area contributed by atoms with Gasteiger partial charge in [0.05, 0.1) is 27.6 Å². The van der Waals surface area contributed by atoms with Crippen molar-refractivity contribution >= 4 is 40.0 Å². The smallest absolute Gasteiger partial charge is 0.396 e. The predicted molar refractivity (Wildman–Crippen MR) is 114 cm³/mol. The van der Waals surface area contributed by atoms with Crippen molar-refractivity contribution in [2.75, 3.05) is 0 Å². The summed E-state index contributed by atoms with van der Waals surface area (Å²) in [6.45, 7) is -0.437. The molecule has 1 aromatic carbocycles. The summed E-state index contributed by atoms with van der Waals surface area (Å²) in [4.78, 5) is 16.9. The quantitative estimate of drug-likeness (QED) is 0.475. The second-order valence-corrected chi connectivity index (χ2v) is 8.17. The minimum Gasteiger partial charge on any atom is -0.465 e. The molecule has 2 heterocycles. The highest BCUT2D eigenvalue weighted by atomic mass is 35.5. The molecule has 2 aliphatic rings. The first kappa shape index (κ1) is 22.5. The fourth-order valence-corrected chi connectivity index (χ4v) is 3.78. The Morgan fingerprint density at radius 2 is 1.97 bits per heavy atom. The van der Waals surface area contributed by atoms with Crippen molar-refractivity contribution in [1.82, 2.24) is 9.55 Å². The number of Topliss-reactive ketones (excluding diaryl/α,β-unsaturated/α-hetero) is 1. The van der Waals surface area contributed by atoms with E-state index in [1.165, 1.54) is 23.0 Å². The minimum atomic E-state index is -4.52. The molecule has 1 aliphatic carbocycles. The summed E-state index contributed by atoms with van der Waals surface area (Å²) in [5, 5.41) is 0.296. The Hall–Kier alpha value is -2.71. The van der Waals surface area contributed by atoms with Crippen LogP contribution in [0.1, 0.15) is 25.1 Å². The second-order valence-electron chi connectivity index (χ2n) is 7.36. The first-order valence-electron chi connectivity index (χ1n) is 9.71. The number of fused-ring (bicyclic) bond motifs is 1. The van der Waals surface area contributed by atoms with Crippen LogP contribution in [0.2, 0.25) is 10.0 Å². The van der Waals surface area contributed by atoms with Gasteiger partial charge in [0.25, 0.3) is 0 Å². The normalized spacial score (nSPS) is 16.2. The van der Waals surface area contributed by atoms with Gasteiger partial charge in [-0.2, -0.15) is 13.2 Å². The monoisotopic (exact) mass is 484 g/mol. The van der Waals surface area contributed by atoms with E-state index in [0.717, 1.165) is 24.7 Å². The number of ether oxygens (including phenoxy) is 2. The summed E-state index contributed by atoms with van der Waals surface area (Å²) in [6, 6.07) is 2.76. The van der Waals surface area contributed by atoms with Gasteiger partial charge in [0.2, 0.25) is 11.5 Å². The first-order chi connectivity index (χ1) is 15.2. The van der Waals surface area contributed by atoms with Crippen molar-refractivity contribution in [3.63, 3.8) is 0 Å². The van der Waals surface area contributed by atoms with E-state index in [1.807, 2.05) is 12.2 Å². The number of alkyl halides is 3. The lowest BCUT2D eigenvalue weighted by Crippen LogP contribution is -2.21. The Bertz CT molecular complexity index is 1190. The highest BCUT2D eigenvalue weighted by Crippen LogP contribution is 2.31. The van der Waals surface area contributed by atoms with E-state index in [4.69, 9.17) is 32.7 Å². The molecule has 0 atom stereocenters. The van der Waals surface area contributed by atoms with E-state index in [1.54, 1.807) is 0 Å². The van der Waals surface area contributed by atoms with Crippen LogP contribution in [0, 0.1) is 0 Å². The largest absolute Gasteiger partial charge is 0.465 e. The number of nitrogens with zero attached hydrogens (tertiary/aromatic N) is 2. The van der Waals surface area contributed by atoms with Crippen LogP contribution in [0.25, 0.3) is 11.0 Å². The lowest BCUT2D eigenvalue weighted by atomic mass is 10.0. The summed E-state index contributed by atoms with van der Waals surface area (Å²) in [5.41, 5.74) is 1.59. The van der Waals surface area contributed by atoms with Gasteiger partial charge in [0.15, 0.2) is 0 Å². The van der Waals surface area contributed by atoms with Gasteiger partial charge in [0.1, 0.15) is 30.5 Å². The molecule has 0 spiro atoms. The van der Waals surface area contributed by atoms with Crippen LogP contribution < -0.4 is 0 Å². The molecule has 10 heteroatoms. The Morgan fingerprint density at radius 1 is 1.19 bits per heavy atom. The van der Waals surface area contributed by atoms with Crippen LogP contribution in [-0.2, 0) is 27.2 Å². The maximum atomic E-state index is 13.1. The van der Waals surface area contributed by atoms with Gasteiger partial charge in [-0.1, -0.05) is 47.0 Å². The Labute approximate surface area is 191 Å².